The number of rotatable bonds is 3. The molecule has 1 rings (SSSR count). The molecule has 0 aliphatic heterocycles. The molecule has 0 spiro atoms. The van der Waals surface area contributed by atoms with Gasteiger partial charge in [0, 0.05) is 24.4 Å². The Bertz CT molecular complexity index is 484. The van der Waals surface area contributed by atoms with Gasteiger partial charge < -0.3 is 5.11 Å². The summed E-state index contributed by atoms with van der Waals surface area (Å²) < 4.78 is 1.28. The second-order valence-electron chi connectivity index (χ2n) is 5.13. The Morgan fingerprint density at radius 2 is 2.06 bits per heavy atom. The minimum Gasteiger partial charge on any atom is -0.481 e. The Balaban J connectivity index is 3.16. The minimum atomic E-state index is -0.902. The van der Waals surface area contributed by atoms with Crippen LogP contribution in [0.3, 0.4) is 0 Å². The van der Waals surface area contributed by atoms with Gasteiger partial charge in [-0.25, -0.2) is 4.68 Å². The molecule has 17 heavy (non-hydrogen) atoms. The highest BCUT2D eigenvalue weighted by Gasteiger charge is 2.18. The van der Waals surface area contributed by atoms with Crippen LogP contribution in [0.25, 0.3) is 0 Å². The van der Waals surface area contributed by atoms with E-state index in [1.807, 2.05) is 20.8 Å². The molecule has 94 valence electrons. The second-order valence-corrected chi connectivity index (χ2v) is 5.13. The number of aliphatic carboxylic acids is 1. The highest BCUT2D eigenvalue weighted by atomic mass is 16.4. The first-order valence-corrected chi connectivity index (χ1v) is 5.51. The van der Waals surface area contributed by atoms with Crippen molar-refractivity contribution in [1.29, 1.82) is 0 Å². The first kappa shape index (κ1) is 13.4. The maximum absolute atomic E-state index is 11.8. The van der Waals surface area contributed by atoms with Gasteiger partial charge in [0.2, 0.25) is 0 Å². The van der Waals surface area contributed by atoms with Gasteiger partial charge in [-0.15, -0.1) is 0 Å². The van der Waals surface area contributed by atoms with Gasteiger partial charge in [0.1, 0.15) is 0 Å². The van der Waals surface area contributed by atoms with Crippen LogP contribution >= 0.6 is 0 Å². The van der Waals surface area contributed by atoms with E-state index in [0.717, 1.165) is 5.69 Å². The molecule has 5 nitrogen and oxygen atoms in total. The van der Waals surface area contributed by atoms with Crippen molar-refractivity contribution in [2.75, 3.05) is 0 Å². The molecule has 0 atom stereocenters. The van der Waals surface area contributed by atoms with Crippen molar-refractivity contribution in [2.45, 2.75) is 39.0 Å². The van der Waals surface area contributed by atoms with E-state index >= 15 is 0 Å². The van der Waals surface area contributed by atoms with Crippen LogP contribution in [0, 0.1) is 0 Å². The van der Waals surface area contributed by atoms with Crippen LogP contribution in [0.2, 0.25) is 0 Å². The summed E-state index contributed by atoms with van der Waals surface area (Å²) in [4.78, 5) is 22.3. The van der Waals surface area contributed by atoms with Crippen molar-refractivity contribution in [1.82, 2.24) is 9.78 Å². The lowest BCUT2D eigenvalue weighted by Gasteiger charge is -2.19. The first-order chi connectivity index (χ1) is 7.71. The first-order valence-electron chi connectivity index (χ1n) is 5.51. The van der Waals surface area contributed by atoms with Gasteiger partial charge in [-0.3, -0.25) is 9.59 Å². The Morgan fingerprint density at radius 3 is 2.53 bits per heavy atom. The fourth-order valence-corrected chi connectivity index (χ4v) is 1.46. The molecule has 0 saturated heterocycles. The number of aryl methyl sites for hydroxylation is 2. The molecular formula is C12H18N2O3. The normalized spacial score (nSPS) is 11.5. The van der Waals surface area contributed by atoms with Gasteiger partial charge in [0.15, 0.2) is 0 Å². The molecule has 0 fully saturated rings. The Morgan fingerprint density at radius 1 is 1.47 bits per heavy atom. The summed E-state index contributed by atoms with van der Waals surface area (Å²) in [6, 6.07) is 1.71. The van der Waals surface area contributed by atoms with E-state index < -0.39 is 5.97 Å². The fourth-order valence-electron chi connectivity index (χ4n) is 1.46. The average molecular weight is 238 g/mol. The Hall–Kier alpha value is -1.65. The molecule has 0 saturated carbocycles. The van der Waals surface area contributed by atoms with Gasteiger partial charge in [0.25, 0.3) is 5.56 Å². The molecule has 5 heteroatoms. The number of hydrogen-bond acceptors (Lipinski definition) is 3. The van der Waals surface area contributed by atoms with Crippen LogP contribution in [-0.4, -0.2) is 20.9 Å². The SMILES string of the molecule is Cn1nc(C(C)(C)C)cc(CCC(=O)O)c1=O. The van der Waals surface area contributed by atoms with Crippen LogP contribution in [0.15, 0.2) is 10.9 Å². The maximum Gasteiger partial charge on any atom is 0.303 e. The van der Waals surface area contributed by atoms with E-state index in [1.165, 1.54) is 4.68 Å². The minimum absolute atomic E-state index is 0.0389. The Labute approximate surface area is 100 Å². The van der Waals surface area contributed by atoms with Crippen LogP contribution < -0.4 is 5.56 Å². The van der Waals surface area contributed by atoms with E-state index in [9.17, 15) is 9.59 Å². The molecule has 0 unspecified atom stereocenters. The number of nitrogens with zero attached hydrogens (tertiary/aromatic N) is 2. The predicted molar refractivity (Wildman–Crippen MR) is 64.1 cm³/mol. The van der Waals surface area contributed by atoms with Crippen molar-refractivity contribution >= 4 is 5.97 Å². The predicted octanol–water partition coefficient (Wildman–Crippen LogP) is 1.10. The summed E-state index contributed by atoms with van der Waals surface area (Å²) in [5.74, 6) is -0.902. The molecular weight excluding hydrogens is 220 g/mol. The summed E-state index contributed by atoms with van der Waals surface area (Å²) in [7, 11) is 1.59. The highest BCUT2D eigenvalue weighted by molar-refractivity contribution is 5.67. The van der Waals surface area contributed by atoms with E-state index in [-0.39, 0.29) is 23.8 Å². The lowest BCUT2D eigenvalue weighted by Crippen LogP contribution is -2.28. The molecule has 1 heterocycles. The zero-order valence-corrected chi connectivity index (χ0v) is 10.6. The summed E-state index contributed by atoms with van der Waals surface area (Å²) in [5, 5.41) is 12.8. The summed E-state index contributed by atoms with van der Waals surface area (Å²) in [6.45, 7) is 6.00. The van der Waals surface area contributed by atoms with E-state index in [4.69, 9.17) is 5.11 Å². The van der Waals surface area contributed by atoms with Crippen molar-refractivity contribution < 1.29 is 9.90 Å². The number of carbonyl (C=O) groups is 1. The number of hydrogen-bond donors (Lipinski definition) is 1. The van der Waals surface area contributed by atoms with Crippen LogP contribution in [-0.2, 0) is 23.7 Å². The summed E-state index contributed by atoms with van der Waals surface area (Å²) in [5.41, 5.74) is 0.915. The largest absolute Gasteiger partial charge is 0.481 e. The average Bonchev–Trinajstić information content (AvgIpc) is 2.18. The Kier molecular flexibility index (Phi) is 3.70. The van der Waals surface area contributed by atoms with Gasteiger partial charge in [-0.05, 0) is 12.5 Å². The van der Waals surface area contributed by atoms with E-state index in [1.54, 1.807) is 13.1 Å². The molecule has 1 aromatic rings. The standard InChI is InChI=1S/C12H18N2O3/c1-12(2,3)9-7-8(5-6-10(15)16)11(17)14(4)13-9/h7H,5-6H2,1-4H3,(H,15,16). The van der Waals surface area contributed by atoms with Crippen molar-refractivity contribution in [3.8, 4) is 0 Å². The lowest BCUT2D eigenvalue weighted by molar-refractivity contribution is -0.136. The van der Waals surface area contributed by atoms with Crippen molar-refractivity contribution in [3.63, 3.8) is 0 Å². The summed E-state index contributed by atoms with van der Waals surface area (Å²) in [6.07, 6.45) is 0.205. The molecule has 1 N–H and O–H groups in total. The molecule has 0 bridgehead atoms. The highest BCUT2D eigenvalue weighted by Crippen LogP contribution is 2.19. The lowest BCUT2D eigenvalue weighted by atomic mass is 9.91. The topological polar surface area (TPSA) is 72.2 Å². The zero-order chi connectivity index (χ0) is 13.2. The maximum atomic E-state index is 11.8. The van der Waals surface area contributed by atoms with E-state index in [0.29, 0.717) is 5.56 Å². The third-order valence-electron chi connectivity index (χ3n) is 2.51. The number of aromatic nitrogens is 2. The second kappa shape index (κ2) is 4.69. The summed E-state index contributed by atoms with van der Waals surface area (Å²) >= 11 is 0. The van der Waals surface area contributed by atoms with Crippen molar-refractivity contribution in [3.05, 3.63) is 27.7 Å². The van der Waals surface area contributed by atoms with Gasteiger partial charge >= 0.3 is 5.97 Å². The number of carboxylic acid groups (broad SMARTS) is 1. The van der Waals surface area contributed by atoms with E-state index in [2.05, 4.69) is 5.10 Å². The molecule has 0 radical (unpaired) electrons. The molecule has 0 aliphatic rings. The van der Waals surface area contributed by atoms with Gasteiger partial charge in [0.05, 0.1) is 5.69 Å². The number of carboxylic acids is 1. The molecule has 0 amide bonds. The van der Waals surface area contributed by atoms with Gasteiger partial charge in [-0.2, -0.15) is 5.10 Å². The molecule has 0 aromatic carbocycles. The van der Waals surface area contributed by atoms with Crippen molar-refractivity contribution in [2.24, 2.45) is 7.05 Å². The fraction of sp³-hybridized carbons (Fsp3) is 0.583. The van der Waals surface area contributed by atoms with Crippen LogP contribution in [0.5, 0.6) is 0 Å². The van der Waals surface area contributed by atoms with Gasteiger partial charge in [-0.1, -0.05) is 20.8 Å². The van der Waals surface area contributed by atoms with Crippen LogP contribution in [0.1, 0.15) is 38.4 Å². The quantitative estimate of drug-likeness (QED) is 0.855. The molecule has 0 aliphatic carbocycles. The monoisotopic (exact) mass is 238 g/mol. The van der Waals surface area contributed by atoms with Crippen LogP contribution in [0.4, 0.5) is 0 Å². The molecule has 1 aromatic heterocycles. The third-order valence-corrected chi connectivity index (χ3v) is 2.51. The third kappa shape index (κ3) is 3.41. The smallest absolute Gasteiger partial charge is 0.303 e. The zero-order valence-electron chi connectivity index (χ0n) is 10.6.